The number of esters is 1. The van der Waals surface area contributed by atoms with Crippen LogP contribution in [0, 0.1) is 0 Å². The minimum atomic E-state index is -1.08. The lowest BCUT2D eigenvalue weighted by Gasteiger charge is -2.17. The zero-order valence-corrected chi connectivity index (χ0v) is 16.5. The predicted molar refractivity (Wildman–Crippen MR) is 111 cm³/mol. The third kappa shape index (κ3) is 3.42. The number of fused-ring (bicyclic) bond motifs is 2. The topological polar surface area (TPSA) is 114 Å². The maximum absolute atomic E-state index is 13.2. The number of benzene rings is 1. The molecule has 30 heavy (non-hydrogen) atoms. The van der Waals surface area contributed by atoms with E-state index in [-0.39, 0.29) is 28.2 Å². The Bertz CT molecular complexity index is 1410. The molecule has 1 atom stereocenters. The zero-order valence-electron chi connectivity index (χ0n) is 15.8. The van der Waals surface area contributed by atoms with Crippen LogP contribution in [0.1, 0.15) is 23.5 Å². The Morgan fingerprint density at radius 2 is 2.03 bits per heavy atom. The standard InChI is InChI=1S/C21H16ClN3O5/c1-30-17(26)9-13(14-8-11-4-2-3-5-15(11)23-19(14)27)18-20(28)24-16-7-6-12(22)10-25(16)21(18)29/h2-8,10,13,28H,9H2,1H3,(H,23,27)/t13-/m0/s1. The Labute approximate surface area is 174 Å². The van der Waals surface area contributed by atoms with Gasteiger partial charge in [0.2, 0.25) is 5.88 Å². The van der Waals surface area contributed by atoms with Gasteiger partial charge in [-0.3, -0.25) is 18.8 Å². The lowest BCUT2D eigenvalue weighted by Crippen LogP contribution is -2.27. The average molecular weight is 426 g/mol. The van der Waals surface area contributed by atoms with Crippen LogP contribution in [0.4, 0.5) is 0 Å². The van der Waals surface area contributed by atoms with Crippen LogP contribution in [-0.4, -0.2) is 32.6 Å². The third-order valence-corrected chi connectivity index (χ3v) is 5.13. The number of hydrogen-bond acceptors (Lipinski definition) is 6. The van der Waals surface area contributed by atoms with E-state index in [1.54, 1.807) is 30.3 Å². The molecule has 0 saturated heterocycles. The second-order valence-electron chi connectivity index (χ2n) is 6.70. The summed E-state index contributed by atoms with van der Waals surface area (Å²) >= 11 is 6.00. The molecule has 0 unspecified atom stereocenters. The molecule has 0 spiro atoms. The second kappa shape index (κ2) is 7.64. The Kier molecular flexibility index (Phi) is 5.01. The SMILES string of the molecule is COC(=O)C[C@@H](c1cc2ccccc2[nH]c1=O)c1c(O)nc2ccc(Cl)cn2c1=O. The van der Waals surface area contributed by atoms with Crippen LogP contribution < -0.4 is 11.1 Å². The number of aromatic hydroxyl groups is 1. The number of hydrogen-bond donors (Lipinski definition) is 2. The van der Waals surface area contributed by atoms with Gasteiger partial charge in [-0.2, -0.15) is 4.98 Å². The molecule has 2 N–H and O–H groups in total. The van der Waals surface area contributed by atoms with E-state index in [0.717, 1.165) is 4.40 Å². The van der Waals surface area contributed by atoms with Crippen LogP contribution >= 0.6 is 11.6 Å². The fourth-order valence-electron chi connectivity index (χ4n) is 3.46. The van der Waals surface area contributed by atoms with Crippen molar-refractivity contribution in [3.63, 3.8) is 0 Å². The summed E-state index contributed by atoms with van der Waals surface area (Å²) in [4.78, 5) is 44.9. The number of aromatic amines is 1. The summed E-state index contributed by atoms with van der Waals surface area (Å²) in [6.07, 6.45) is 1.02. The van der Waals surface area contributed by atoms with Crippen LogP contribution in [0.5, 0.6) is 5.88 Å². The van der Waals surface area contributed by atoms with E-state index in [2.05, 4.69) is 9.97 Å². The lowest BCUT2D eigenvalue weighted by molar-refractivity contribution is -0.140. The summed E-state index contributed by atoms with van der Waals surface area (Å²) in [6, 6.07) is 11.7. The van der Waals surface area contributed by atoms with E-state index in [9.17, 15) is 19.5 Å². The van der Waals surface area contributed by atoms with Crippen LogP contribution in [0.2, 0.25) is 5.02 Å². The molecule has 0 amide bonds. The van der Waals surface area contributed by atoms with Gasteiger partial charge in [-0.1, -0.05) is 29.8 Å². The average Bonchev–Trinajstić information content (AvgIpc) is 2.73. The zero-order chi connectivity index (χ0) is 21.4. The Hall–Kier alpha value is -3.65. The minimum absolute atomic E-state index is 0.135. The summed E-state index contributed by atoms with van der Waals surface area (Å²) in [5, 5.41) is 11.6. The molecule has 0 bridgehead atoms. The highest BCUT2D eigenvalue weighted by molar-refractivity contribution is 6.30. The number of para-hydroxylation sites is 1. The quantitative estimate of drug-likeness (QED) is 0.486. The van der Waals surface area contributed by atoms with Gasteiger partial charge < -0.3 is 14.8 Å². The van der Waals surface area contributed by atoms with E-state index < -0.39 is 28.9 Å². The van der Waals surface area contributed by atoms with Crippen LogP contribution in [-0.2, 0) is 9.53 Å². The molecule has 0 aliphatic heterocycles. The van der Waals surface area contributed by atoms with Gasteiger partial charge in [0.15, 0.2) is 0 Å². The molecular formula is C21H16ClN3O5. The molecule has 4 aromatic rings. The number of nitrogens with zero attached hydrogens (tertiary/aromatic N) is 2. The summed E-state index contributed by atoms with van der Waals surface area (Å²) in [7, 11) is 1.20. The number of rotatable bonds is 4. The van der Waals surface area contributed by atoms with Gasteiger partial charge in [0.05, 0.1) is 24.1 Å². The first-order valence-corrected chi connectivity index (χ1v) is 9.36. The van der Waals surface area contributed by atoms with Crippen molar-refractivity contribution in [3.05, 3.63) is 85.5 Å². The summed E-state index contributed by atoms with van der Waals surface area (Å²) in [5.74, 6) is -2.30. The number of H-pyrrole nitrogens is 1. The van der Waals surface area contributed by atoms with Crippen molar-refractivity contribution in [3.8, 4) is 5.88 Å². The fourth-order valence-corrected chi connectivity index (χ4v) is 3.62. The van der Waals surface area contributed by atoms with Gasteiger partial charge in [0.25, 0.3) is 11.1 Å². The van der Waals surface area contributed by atoms with Crippen LogP contribution in [0.25, 0.3) is 16.6 Å². The molecule has 3 heterocycles. The highest BCUT2D eigenvalue weighted by Gasteiger charge is 2.29. The van der Waals surface area contributed by atoms with Crippen molar-refractivity contribution in [2.24, 2.45) is 0 Å². The number of nitrogens with one attached hydrogen (secondary N) is 1. The first-order valence-electron chi connectivity index (χ1n) is 8.98. The summed E-state index contributed by atoms with van der Waals surface area (Å²) < 4.78 is 5.92. The number of carbonyl (C=O) groups excluding carboxylic acids is 1. The summed E-state index contributed by atoms with van der Waals surface area (Å²) in [6.45, 7) is 0. The molecule has 9 heteroatoms. The van der Waals surface area contributed by atoms with Crippen molar-refractivity contribution in [2.75, 3.05) is 7.11 Å². The smallest absolute Gasteiger partial charge is 0.306 e. The highest BCUT2D eigenvalue weighted by atomic mass is 35.5. The van der Waals surface area contributed by atoms with Crippen molar-refractivity contribution in [1.29, 1.82) is 0 Å². The first kappa shape index (κ1) is 19.7. The largest absolute Gasteiger partial charge is 0.493 e. The van der Waals surface area contributed by atoms with Crippen LogP contribution in [0.15, 0.2) is 58.3 Å². The highest BCUT2D eigenvalue weighted by Crippen LogP contribution is 2.30. The number of carbonyl (C=O) groups is 1. The van der Waals surface area contributed by atoms with Gasteiger partial charge in [-0.05, 0) is 29.7 Å². The molecule has 1 aromatic carbocycles. The molecule has 152 valence electrons. The molecule has 0 radical (unpaired) electrons. The molecule has 3 aromatic heterocycles. The van der Waals surface area contributed by atoms with Crippen LogP contribution in [0.3, 0.4) is 0 Å². The van der Waals surface area contributed by atoms with E-state index in [1.807, 2.05) is 0 Å². The molecular weight excluding hydrogens is 410 g/mol. The maximum atomic E-state index is 13.2. The van der Waals surface area contributed by atoms with Gasteiger partial charge in [0, 0.05) is 23.2 Å². The number of halogens is 1. The van der Waals surface area contributed by atoms with E-state index in [1.165, 1.54) is 25.4 Å². The minimum Gasteiger partial charge on any atom is -0.493 e. The number of methoxy groups -OCH3 is 1. The van der Waals surface area contributed by atoms with Gasteiger partial charge in [0.1, 0.15) is 5.65 Å². The molecule has 0 saturated carbocycles. The van der Waals surface area contributed by atoms with E-state index in [4.69, 9.17) is 16.3 Å². The molecule has 0 fully saturated rings. The Balaban J connectivity index is 2.02. The number of pyridine rings is 2. The molecule has 8 nitrogen and oxygen atoms in total. The van der Waals surface area contributed by atoms with E-state index >= 15 is 0 Å². The number of ether oxygens (including phenoxy) is 1. The van der Waals surface area contributed by atoms with Crippen molar-refractivity contribution >= 4 is 34.1 Å². The van der Waals surface area contributed by atoms with Gasteiger partial charge in [-0.15, -0.1) is 0 Å². The normalized spacial score (nSPS) is 12.2. The maximum Gasteiger partial charge on any atom is 0.306 e. The van der Waals surface area contributed by atoms with Gasteiger partial charge >= 0.3 is 5.97 Å². The first-order chi connectivity index (χ1) is 14.4. The predicted octanol–water partition coefficient (Wildman–Crippen LogP) is 2.59. The second-order valence-corrected chi connectivity index (χ2v) is 7.14. The summed E-state index contributed by atoms with van der Waals surface area (Å²) in [5.41, 5.74) is -0.405. The van der Waals surface area contributed by atoms with E-state index in [0.29, 0.717) is 10.9 Å². The molecule has 0 aliphatic rings. The third-order valence-electron chi connectivity index (χ3n) is 4.91. The Morgan fingerprint density at radius 1 is 1.27 bits per heavy atom. The van der Waals surface area contributed by atoms with Crippen molar-refractivity contribution < 1.29 is 14.6 Å². The number of aromatic nitrogens is 3. The Morgan fingerprint density at radius 3 is 2.80 bits per heavy atom. The van der Waals surface area contributed by atoms with Gasteiger partial charge in [-0.25, -0.2) is 0 Å². The molecule has 0 aliphatic carbocycles. The van der Waals surface area contributed by atoms with Crippen molar-refractivity contribution in [1.82, 2.24) is 14.4 Å². The lowest BCUT2D eigenvalue weighted by atomic mass is 9.89. The van der Waals surface area contributed by atoms with Crippen molar-refractivity contribution in [2.45, 2.75) is 12.3 Å². The fraction of sp³-hybridized carbons (Fsp3) is 0.143. The molecule has 4 rings (SSSR count). The monoisotopic (exact) mass is 425 g/mol.